The number of thioether (sulfide) groups is 1. The van der Waals surface area contributed by atoms with Crippen LogP contribution in [0.4, 0.5) is 0 Å². The topological polar surface area (TPSA) is 68.9 Å². The summed E-state index contributed by atoms with van der Waals surface area (Å²) in [6.45, 7) is 5.48. The Morgan fingerprint density at radius 2 is 1.97 bits per heavy atom. The molecule has 7 nitrogen and oxygen atoms in total. The Balaban J connectivity index is 1.48. The van der Waals surface area contributed by atoms with Gasteiger partial charge in [0.25, 0.3) is 5.91 Å². The molecule has 1 amide bonds. The van der Waals surface area contributed by atoms with E-state index in [0.717, 1.165) is 53.6 Å². The first-order valence-electron chi connectivity index (χ1n) is 12.1. The second kappa shape index (κ2) is 11.3. The van der Waals surface area contributed by atoms with Crippen LogP contribution < -0.4 is 4.74 Å². The van der Waals surface area contributed by atoms with Crippen LogP contribution in [0.15, 0.2) is 64.6 Å². The van der Waals surface area contributed by atoms with Crippen molar-refractivity contribution in [3.8, 4) is 22.7 Å². The number of hydrogen-bond donors (Lipinski definition) is 0. The minimum atomic E-state index is -0.238. The van der Waals surface area contributed by atoms with Gasteiger partial charge < -0.3 is 14.4 Å². The van der Waals surface area contributed by atoms with Gasteiger partial charge >= 0.3 is 0 Å². The van der Waals surface area contributed by atoms with Crippen molar-refractivity contribution < 1.29 is 14.3 Å². The maximum absolute atomic E-state index is 12.8. The summed E-state index contributed by atoms with van der Waals surface area (Å²) in [5.74, 6) is 0.416. The predicted octanol–water partition coefficient (Wildman–Crippen LogP) is 5.67. The van der Waals surface area contributed by atoms with Crippen LogP contribution in [0.25, 0.3) is 23.0 Å². The van der Waals surface area contributed by atoms with Crippen LogP contribution in [0.2, 0.25) is 5.02 Å². The number of nitrogens with zero attached hydrogens (tertiary/aromatic N) is 4. The third kappa shape index (κ3) is 5.51. The lowest BCUT2D eigenvalue weighted by atomic mass is 10.1. The lowest BCUT2D eigenvalue weighted by Gasteiger charge is -2.27. The molecule has 0 spiro atoms. The van der Waals surface area contributed by atoms with Crippen molar-refractivity contribution in [3.63, 3.8) is 0 Å². The van der Waals surface area contributed by atoms with Crippen LogP contribution in [0.3, 0.4) is 0 Å². The van der Waals surface area contributed by atoms with Gasteiger partial charge in [0.2, 0.25) is 0 Å². The van der Waals surface area contributed by atoms with Crippen LogP contribution in [0.1, 0.15) is 25.3 Å². The summed E-state index contributed by atoms with van der Waals surface area (Å²) in [7, 11) is 0. The second-order valence-corrected chi connectivity index (χ2v) is 9.89. The molecule has 1 saturated heterocycles. The molecule has 5 rings (SSSR count). The van der Waals surface area contributed by atoms with Crippen molar-refractivity contribution in [2.45, 2.75) is 19.8 Å². The number of benzene rings is 2. The van der Waals surface area contributed by atoms with Crippen LogP contribution in [0.5, 0.6) is 5.75 Å². The first-order valence-corrected chi connectivity index (χ1v) is 13.2. The summed E-state index contributed by atoms with van der Waals surface area (Å²) < 4.78 is 13.1. The number of carbonyl (C=O) groups is 1. The molecule has 0 unspecified atom stereocenters. The molecule has 1 aromatic heterocycles. The summed E-state index contributed by atoms with van der Waals surface area (Å²) in [6.07, 6.45) is 5.82. The Labute approximate surface area is 219 Å². The molecule has 0 radical (unpaired) electrons. The lowest BCUT2D eigenvalue weighted by Crippen LogP contribution is -2.38. The standard InChI is InChI=1S/C27H27ClN4O3S/c1-2-3-13-35-23-10-9-19(16-22(23)28)25-20(18-32(30-25)21-7-5-4-6-8-21)17-24-26(33)29-27(36-24)31-11-14-34-15-12-31/h4-10,16-18H,2-3,11-15H2,1H3/b24-17-. The molecule has 2 aliphatic rings. The molecule has 0 N–H and O–H groups in total. The summed E-state index contributed by atoms with van der Waals surface area (Å²) >= 11 is 7.96. The summed E-state index contributed by atoms with van der Waals surface area (Å²) in [5, 5.41) is 6.11. The molecule has 3 aromatic rings. The van der Waals surface area contributed by atoms with Gasteiger partial charge in [-0.05, 0) is 54.6 Å². The zero-order chi connectivity index (χ0) is 24.9. The molecular weight excluding hydrogens is 496 g/mol. The van der Waals surface area contributed by atoms with Gasteiger partial charge in [-0.1, -0.05) is 43.1 Å². The smallest absolute Gasteiger partial charge is 0.286 e. The quantitative estimate of drug-likeness (QED) is 0.294. The Kier molecular flexibility index (Phi) is 7.75. The molecule has 186 valence electrons. The Morgan fingerprint density at radius 1 is 1.17 bits per heavy atom. The average Bonchev–Trinajstić information content (AvgIpc) is 3.50. The van der Waals surface area contributed by atoms with Gasteiger partial charge in [-0.3, -0.25) is 4.79 Å². The number of carbonyl (C=O) groups excluding carboxylic acids is 1. The normalized spacial score (nSPS) is 17.1. The van der Waals surface area contributed by atoms with E-state index in [0.29, 0.717) is 35.5 Å². The predicted molar refractivity (Wildman–Crippen MR) is 145 cm³/mol. The van der Waals surface area contributed by atoms with Gasteiger partial charge in [-0.2, -0.15) is 10.1 Å². The van der Waals surface area contributed by atoms with E-state index >= 15 is 0 Å². The zero-order valence-electron chi connectivity index (χ0n) is 20.0. The number of aromatic nitrogens is 2. The van der Waals surface area contributed by atoms with E-state index in [1.807, 2.05) is 65.5 Å². The van der Waals surface area contributed by atoms with E-state index in [1.165, 1.54) is 11.8 Å². The zero-order valence-corrected chi connectivity index (χ0v) is 21.6. The van der Waals surface area contributed by atoms with Gasteiger partial charge in [0.1, 0.15) is 11.4 Å². The fourth-order valence-corrected chi connectivity index (χ4v) is 5.14. The lowest BCUT2D eigenvalue weighted by molar-refractivity contribution is -0.113. The van der Waals surface area contributed by atoms with Crippen molar-refractivity contribution in [2.24, 2.45) is 4.99 Å². The van der Waals surface area contributed by atoms with Crippen LogP contribution in [-0.4, -0.2) is 58.7 Å². The highest BCUT2D eigenvalue weighted by Crippen LogP contribution is 2.35. The van der Waals surface area contributed by atoms with Gasteiger partial charge in [0, 0.05) is 30.4 Å². The second-order valence-electron chi connectivity index (χ2n) is 8.47. The number of hydrogen-bond acceptors (Lipinski definition) is 6. The number of para-hydroxylation sites is 1. The minimum absolute atomic E-state index is 0.238. The molecule has 2 aliphatic heterocycles. The first kappa shape index (κ1) is 24.6. The summed E-state index contributed by atoms with van der Waals surface area (Å²) in [4.78, 5) is 19.7. The number of rotatable bonds is 7. The van der Waals surface area contributed by atoms with Crippen LogP contribution in [0, 0.1) is 0 Å². The molecule has 2 aromatic carbocycles. The van der Waals surface area contributed by atoms with E-state index < -0.39 is 0 Å². The molecule has 0 atom stereocenters. The van der Waals surface area contributed by atoms with Crippen LogP contribution >= 0.6 is 23.4 Å². The Hall–Kier alpha value is -3.07. The summed E-state index contributed by atoms with van der Waals surface area (Å²) in [5.41, 5.74) is 3.30. The molecule has 9 heteroatoms. The molecule has 0 aliphatic carbocycles. The number of ether oxygens (including phenoxy) is 2. The number of morpholine rings is 1. The number of unbranched alkanes of at least 4 members (excludes halogenated alkanes) is 1. The number of aliphatic imine (C=N–C) groups is 1. The van der Waals surface area contributed by atoms with Crippen LogP contribution in [-0.2, 0) is 9.53 Å². The van der Waals surface area contributed by atoms with Crippen molar-refractivity contribution >= 4 is 40.5 Å². The third-order valence-electron chi connectivity index (χ3n) is 5.90. The summed E-state index contributed by atoms with van der Waals surface area (Å²) in [6, 6.07) is 15.6. The van der Waals surface area contributed by atoms with Gasteiger partial charge in [0.05, 0.1) is 35.4 Å². The third-order valence-corrected chi connectivity index (χ3v) is 7.24. The van der Waals surface area contributed by atoms with E-state index in [-0.39, 0.29) is 5.91 Å². The Morgan fingerprint density at radius 3 is 2.72 bits per heavy atom. The van der Waals surface area contributed by atoms with E-state index in [4.69, 9.17) is 26.2 Å². The highest BCUT2D eigenvalue weighted by Gasteiger charge is 2.28. The van der Waals surface area contributed by atoms with E-state index in [2.05, 4.69) is 16.8 Å². The monoisotopic (exact) mass is 522 g/mol. The number of amides is 1. The van der Waals surface area contributed by atoms with Crippen molar-refractivity contribution in [1.82, 2.24) is 14.7 Å². The largest absolute Gasteiger partial charge is 0.492 e. The average molecular weight is 523 g/mol. The fraction of sp³-hybridized carbons (Fsp3) is 0.296. The molecule has 0 saturated carbocycles. The van der Waals surface area contributed by atoms with Gasteiger partial charge in [0.15, 0.2) is 5.17 Å². The van der Waals surface area contributed by atoms with Gasteiger partial charge in [-0.15, -0.1) is 0 Å². The van der Waals surface area contributed by atoms with Gasteiger partial charge in [-0.25, -0.2) is 4.68 Å². The molecule has 36 heavy (non-hydrogen) atoms. The molecule has 3 heterocycles. The number of amidine groups is 1. The van der Waals surface area contributed by atoms with E-state index in [1.54, 1.807) is 0 Å². The van der Waals surface area contributed by atoms with Crippen molar-refractivity contribution in [1.29, 1.82) is 0 Å². The molecule has 0 bridgehead atoms. The highest BCUT2D eigenvalue weighted by atomic mass is 35.5. The van der Waals surface area contributed by atoms with E-state index in [9.17, 15) is 4.79 Å². The van der Waals surface area contributed by atoms with Crippen molar-refractivity contribution in [3.05, 3.63) is 70.2 Å². The SMILES string of the molecule is CCCCOc1ccc(-c2nn(-c3ccccc3)cc2/C=C2\SC(N3CCOCC3)=NC2=O)cc1Cl. The Bertz CT molecular complexity index is 1300. The highest BCUT2D eigenvalue weighted by molar-refractivity contribution is 8.18. The minimum Gasteiger partial charge on any atom is -0.492 e. The molecule has 1 fully saturated rings. The first-order chi connectivity index (χ1) is 17.6. The maximum atomic E-state index is 12.8. The molecular formula is C27H27ClN4O3S. The number of halogens is 1. The van der Waals surface area contributed by atoms with Crippen molar-refractivity contribution in [2.75, 3.05) is 32.9 Å². The fourth-order valence-electron chi connectivity index (χ4n) is 3.95. The maximum Gasteiger partial charge on any atom is 0.286 e.